The summed E-state index contributed by atoms with van der Waals surface area (Å²) in [5.74, 6) is -2.39. The lowest BCUT2D eigenvalue weighted by atomic mass is 9.94. The van der Waals surface area contributed by atoms with Crippen molar-refractivity contribution in [1.82, 2.24) is 14.9 Å². The Morgan fingerprint density at radius 1 is 1.06 bits per heavy atom. The molecule has 0 saturated heterocycles. The first-order chi connectivity index (χ1) is 23.4. The molecule has 49 heavy (non-hydrogen) atoms. The summed E-state index contributed by atoms with van der Waals surface area (Å²) in [4.78, 5) is 45.0. The molecule has 0 bridgehead atoms. The van der Waals surface area contributed by atoms with Gasteiger partial charge in [-0.3, -0.25) is 10.1 Å². The van der Waals surface area contributed by atoms with Gasteiger partial charge in [0.1, 0.15) is 28.7 Å². The zero-order valence-electron chi connectivity index (χ0n) is 26.4. The van der Waals surface area contributed by atoms with Gasteiger partial charge in [-0.25, -0.2) is 9.78 Å². The van der Waals surface area contributed by atoms with Gasteiger partial charge in [-0.2, -0.15) is 13.2 Å². The smallest absolute Gasteiger partial charge is 0.430 e. The van der Waals surface area contributed by atoms with E-state index < -0.39 is 18.2 Å². The molecule has 3 aromatic carbocycles. The van der Waals surface area contributed by atoms with Gasteiger partial charge in [0.05, 0.1) is 12.6 Å². The van der Waals surface area contributed by atoms with Crippen molar-refractivity contribution in [2.75, 3.05) is 11.9 Å². The molecule has 2 aliphatic rings. The van der Waals surface area contributed by atoms with Gasteiger partial charge in [0.15, 0.2) is 0 Å². The maximum atomic E-state index is 13.8. The number of quaternary nitrogens is 1. The number of nitrogens with zero attached hydrogens (tertiary/aromatic N) is 2. The number of aromatic nitrogens is 2. The second-order valence-electron chi connectivity index (χ2n) is 11.8. The first-order valence-corrected chi connectivity index (χ1v) is 16.2. The van der Waals surface area contributed by atoms with Crippen molar-refractivity contribution in [2.45, 2.75) is 63.4 Å². The number of carbonyl (C=O) groups is 3. The number of carboxylic acids is 1. The number of fused-ring (bicyclic) bond motifs is 1. The molecule has 1 atom stereocenters. The highest BCUT2D eigenvalue weighted by atomic mass is 35.5. The third-order valence-corrected chi connectivity index (χ3v) is 8.70. The molecular weight excluding hydrogens is 663 g/mol. The molecule has 0 radical (unpaired) electrons. The molecule has 258 valence electrons. The van der Waals surface area contributed by atoms with Crippen LogP contribution in [0.1, 0.15) is 64.6 Å². The molecule has 0 unspecified atom stereocenters. The first kappa shape index (κ1) is 35.4. The van der Waals surface area contributed by atoms with Crippen LogP contribution in [0.2, 0.25) is 5.15 Å². The summed E-state index contributed by atoms with van der Waals surface area (Å²) >= 11 is 6.72. The number of H-pyrrole nitrogens is 1. The zero-order valence-corrected chi connectivity index (χ0v) is 27.2. The van der Waals surface area contributed by atoms with Crippen molar-refractivity contribution in [3.63, 3.8) is 0 Å². The number of aliphatic carboxylic acids is 1. The van der Waals surface area contributed by atoms with Crippen LogP contribution in [0.25, 0.3) is 11.3 Å². The Labute approximate surface area is 285 Å². The zero-order chi connectivity index (χ0) is 35.1. The van der Waals surface area contributed by atoms with Crippen LogP contribution in [0.4, 0.5) is 23.7 Å². The molecule has 14 heteroatoms. The van der Waals surface area contributed by atoms with Crippen LogP contribution < -0.4 is 16.2 Å². The van der Waals surface area contributed by atoms with Gasteiger partial charge in [-0.1, -0.05) is 60.1 Å². The van der Waals surface area contributed by atoms with E-state index in [1.807, 2.05) is 59.5 Å². The number of benzene rings is 3. The van der Waals surface area contributed by atoms with Gasteiger partial charge in [0.2, 0.25) is 0 Å². The number of ether oxygens (including phenoxy) is 1. The molecule has 2 amide bonds. The van der Waals surface area contributed by atoms with Crippen molar-refractivity contribution in [3.8, 4) is 11.3 Å². The van der Waals surface area contributed by atoms with Gasteiger partial charge in [-0.15, -0.1) is 0 Å². The number of amides is 2. The second-order valence-corrected chi connectivity index (χ2v) is 12.2. The largest absolute Gasteiger partial charge is 0.542 e. The highest BCUT2D eigenvalue weighted by Gasteiger charge is 2.33. The minimum Gasteiger partial charge on any atom is -0.542 e. The van der Waals surface area contributed by atoms with E-state index in [4.69, 9.17) is 31.2 Å². The Morgan fingerprint density at radius 3 is 2.37 bits per heavy atom. The Kier molecular flexibility index (Phi) is 11.2. The van der Waals surface area contributed by atoms with Crippen molar-refractivity contribution in [3.05, 3.63) is 106 Å². The Morgan fingerprint density at radius 2 is 1.73 bits per heavy atom. The molecule has 1 fully saturated rings. The van der Waals surface area contributed by atoms with E-state index >= 15 is 0 Å². The topological polar surface area (TPSA) is 155 Å². The van der Waals surface area contributed by atoms with Crippen molar-refractivity contribution in [2.24, 2.45) is 0 Å². The molecule has 1 aliphatic heterocycles. The van der Waals surface area contributed by atoms with E-state index in [9.17, 15) is 22.8 Å². The Balaban J connectivity index is 0.000000606. The number of anilines is 1. The molecule has 1 aromatic heterocycles. The molecule has 2 heterocycles. The van der Waals surface area contributed by atoms with Crippen molar-refractivity contribution in [1.29, 1.82) is 0 Å². The first-order valence-electron chi connectivity index (χ1n) is 15.8. The molecule has 6 rings (SSSR count). The number of nitrogens with one attached hydrogen (secondary N) is 2. The lowest BCUT2D eigenvalue weighted by Crippen LogP contribution is -2.47. The van der Waals surface area contributed by atoms with Crippen LogP contribution in [-0.4, -0.2) is 51.7 Å². The van der Waals surface area contributed by atoms with Gasteiger partial charge < -0.3 is 30.3 Å². The average Bonchev–Trinajstić information content (AvgIpc) is 3.74. The van der Waals surface area contributed by atoms with Crippen LogP contribution >= 0.6 is 11.6 Å². The number of imidazole rings is 1. The number of alkyl halides is 3. The molecule has 0 spiro atoms. The monoisotopic (exact) mass is 697 g/mol. The lowest BCUT2D eigenvalue weighted by Gasteiger charge is -2.35. The van der Waals surface area contributed by atoms with E-state index in [0.29, 0.717) is 41.9 Å². The van der Waals surface area contributed by atoms with Gasteiger partial charge >= 0.3 is 12.3 Å². The fourth-order valence-corrected chi connectivity index (χ4v) is 6.19. The number of rotatable bonds is 8. The number of hydrogen-bond acceptors (Lipinski definition) is 6. The van der Waals surface area contributed by atoms with Crippen LogP contribution in [-0.2, 0) is 28.9 Å². The SMILES string of the molecule is O=C([O-])C(F)(F)F.[NH3+]Cc1ccc2c(c1)CCN([C@@H](Cc1ccccc1)c1nc(-c3ccc(NC(=O)OC4CCCC4)cc3)c(Cl)[nH]1)C2=O. The normalized spacial score (nSPS) is 15.2. The summed E-state index contributed by atoms with van der Waals surface area (Å²) in [5, 5.41) is 12.0. The summed E-state index contributed by atoms with van der Waals surface area (Å²) in [6, 6.07) is 23.1. The number of halogens is 4. The molecular formula is C35H35ClF3N5O5. The minimum atomic E-state index is -5.19. The number of hydrogen-bond donors (Lipinski definition) is 3. The summed E-state index contributed by atoms with van der Waals surface area (Å²) < 4.78 is 37.1. The predicted octanol–water partition coefficient (Wildman–Crippen LogP) is 5.24. The lowest BCUT2D eigenvalue weighted by molar-refractivity contribution is -0.386. The summed E-state index contributed by atoms with van der Waals surface area (Å²) in [7, 11) is 0. The van der Waals surface area contributed by atoms with Crippen LogP contribution in [0.3, 0.4) is 0 Å². The Hall–Kier alpha value is -4.88. The third-order valence-electron chi connectivity index (χ3n) is 8.43. The van der Waals surface area contributed by atoms with Crippen LogP contribution in [0, 0.1) is 0 Å². The Bertz CT molecular complexity index is 1780. The fourth-order valence-electron chi connectivity index (χ4n) is 5.94. The average molecular weight is 698 g/mol. The minimum absolute atomic E-state index is 0.000709. The quantitative estimate of drug-likeness (QED) is 0.229. The second kappa shape index (κ2) is 15.6. The van der Waals surface area contributed by atoms with Gasteiger partial charge in [0, 0.05) is 35.3 Å². The van der Waals surface area contributed by atoms with Crippen LogP contribution in [0.15, 0.2) is 72.8 Å². The molecule has 5 N–H and O–H groups in total. The molecule has 4 aromatic rings. The van der Waals surface area contributed by atoms with E-state index in [-0.39, 0.29) is 18.1 Å². The van der Waals surface area contributed by atoms with E-state index in [1.54, 1.807) is 0 Å². The highest BCUT2D eigenvalue weighted by Crippen LogP contribution is 2.34. The summed E-state index contributed by atoms with van der Waals surface area (Å²) in [5.41, 5.74) is 10.0. The van der Waals surface area contributed by atoms with E-state index in [1.165, 1.54) is 0 Å². The number of carbonyl (C=O) groups excluding carboxylic acids is 3. The maximum Gasteiger partial charge on any atom is 0.430 e. The van der Waals surface area contributed by atoms with Crippen molar-refractivity contribution >= 4 is 35.3 Å². The highest BCUT2D eigenvalue weighted by molar-refractivity contribution is 6.31. The molecule has 1 aliphatic carbocycles. The number of carboxylic acid groups (broad SMARTS) is 1. The van der Waals surface area contributed by atoms with E-state index in [2.05, 4.69) is 34.2 Å². The number of aromatic amines is 1. The van der Waals surface area contributed by atoms with E-state index in [0.717, 1.165) is 59.9 Å². The third kappa shape index (κ3) is 8.98. The molecule has 10 nitrogen and oxygen atoms in total. The predicted molar refractivity (Wildman–Crippen MR) is 173 cm³/mol. The summed E-state index contributed by atoms with van der Waals surface area (Å²) in [6.45, 7) is 1.27. The maximum absolute atomic E-state index is 13.8. The van der Waals surface area contributed by atoms with Gasteiger partial charge in [0.25, 0.3) is 5.91 Å². The standard InChI is InChI=1S/C33H34ClN5O3.C2HF3O2/c34-30-29(23-11-13-25(14-12-23)36-33(41)42-26-8-4-5-9-26)37-31(38-30)28(19-21-6-2-1-3-7-21)39-17-16-24-18-22(20-35)10-15-27(24)32(39)40;3-2(4,5)1(6)7/h1-3,6-7,10-15,18,26,28H,4-5,8-9,16-17,19-20,35H2,(H,36,41)(H,37,38);(H,6,7)/t28-;/m0./s1. The van der Waals surface area contributed by atoms with Crippen LogP contribution in [0.5, 0.6) is 0 Å². The van der Waals surface area contributed by atoms with Crippen molar-refractivity contribution < 1.29 is 43.1 Å². The summed E-state index contributed by atoms with van der Waals surface area (Å²) in [6.07, 6.45) is -0.234. The van der Waals surface area contributed by atoms with Gasteiger partial charge in [-0.05, 0) is 67.5 Å². The molecule has 1 saturated carbocycles. The fraction of sp³-hybridized carbons (Fsp3) is 0.314.